The first-order valence-electron chi connectivity index (χ1n) is 7.08. The van der Waals surface area contributed by atoms with Crippen LogP contribution < -0.4 is 5.32 Å². The predicted molar refractivity (Wildman–Crippen MR) is 81.8 cm³/mol. The van der Waals surface area contributed by atoms with Gasteiger partial charge < -0.3 is 15.3 Å². The number of benzene rings is 1. The number of nitrogens with zero attached hydrogens (tertiary/aromatic N) is 1. The Bertz CT molecular complexity index is 473. The van der Waals surface area contributed by atoms with Crippen molar-refractivity contribution in [3.8, 4) is 0 Å². The zero-order chi connectivity index (χ0) is 14.5. The minimum atomic E-state index is -0.958. The van der Waals surface area contributed by atoms with Gasteiger partial charge in [0.15, 0.2) is 0 Å². The van der Waals surface area contributed by atoms with Crippen molar-refractivity contribution in [1.29, 1.82) is 0 Å². The van der Waals surface area contributed by atoms with Gasteiger partial charge in [-0.3, -0.25) is 0 Å². The molecule has 0 saturated carbocycles. The lowest BCUT2D eigenvalue weighted by Crippen LogP contribution is -2.38. The van der Waals surface area contributed by atoms with Crippen molar-refractivity contribution in [3.05, 3.63) is 28.8 Å². The van der Waals surface area contributed by atoms with E-state index in [1.165, 1.54) is 25.3 Å². The number of carbonyl (C=O) groups is 1. The summed E-state index contributed by atoms with van der Waals surface area (Å²) in [5.41, 5.74) is 0.856. The van der Waals surface area contributed by atoms with Gasteiger partial charge >= 0.3 is 5.97 Å². The van der Waals surface area contributed by atoms with Gasteiger partial charge in [0.1, 0.15) is 0 Å². The molecule has 0 spiro atoms. The van der Waals surface area contributed by atoms with Crippen LogP contribution in [0.15, 0.2) is 18.2 Å². The van der Waals surface area contributed by atoms with Gasteiger partial charge in [0.05, 0.1) is 5.56 Å². The second kappa shape index (κ2) is 6.95. The van der Waals surface area contributed by atoms with Crippen molar-refractivity contribution in [2.75, 3.05) is 25.0 Å². The SMILES string of the molecule is CC(CN1CCCCC1)Nc1ccc(Cl)cc1C(=O)O. The summed E-state index contributed by atoms with van der Waals surface area (Å²) in [5.74, 6) is -0.958. The molecule has 0 radical (unpaired) electrons. The van der Waals surface area contributed by atoms with Crippen molar-refractivity contribution < 1.29 is 9.90 Å². The molecule has 1 aromatic carbocycles. The van der Waals surface area contributed by atoms with Gasteiger partial charge in [0.25, 0.3) is 0 Å². The maximum Gasteiger partial charge on any atom is 0.337 e. The third-order valence-electron chi connectivity index (χ3n) is 3.59. The average molecular weight is 297 g/mol. The monoisotopic (exact) mass is 296 g/mol. The first-order chi connectivity index (χ1) is 9.56. The number of nitrogens with one attached hydrogen (secondary N) is 1. The highest BCUT2D eigenvalue weighted by atomic mass is 35.5. The Hall–Kier alpha value is -1.26. The van der Waals surface area contributed by atoms with Gasteiger partial charge in [-0.05, 0) is 51.1 Å². The van der Waals surface area contributed by atoms with Gasteiger partial charge in [-0.2, -0.15) is 0 Å². The van der Waals surface area contributed by atoms with Crippen LogP contribution >= 0.6 is 11.6 Å². The van der Waals surface area contributed by atoms with E-state index < -0.39 is 5.97 Å². The first-order valence-corrected chi connectivity index (χ1v) is 7.46. The zero-order valence-corrected chi connectivity index (χ0v) is 12.5. The Morgan fingerprint density at radius 3 is 2.75 bits per heavy atom. The molecule has 1 aromatic rings. The van der Waals surface area contributed by atoms with E-state index in [0.717, 1.165) is 19.6 Å². The fourth-order valence-corrected chi connectivity index (χ4v) is 2.83. The van der Waals surface area contributed by atoms with Crippen LogP contribution in [0.4, 0.5) is 5.69 Å². The van der Waals surface area contributed by atoms with Crippen LogP contribution in [0.3, 0.4) is 0 Å². The average Bonchev–Trinajstić information content (AvgIpc) is 2.41. The molecule has 110 valence electrons. The number of piperidine rings is 1. The number of carboxylic acids is 1. The summed E-state index contributed by atoms with van der Waals surface area (Å²) >= 11 is 5.85. The smallest absolute Gasteiger partial charge is 0.337 e. The van der Waals surface area contributed by atoms with Crippen LogP contribution in [0.2, 0.25) is 5.02 Å². The van der Waals surface area contributed by atoms with E-state index in [1.807, 2.05) is 0 Å². The number of rotatable bonds is 5. The Labute approximate surface area is 124 Å². The number of hydrogen-bond donors (Lipinski definition) is 2. The Morgan fingerprint density at radius 2 is 2.10 bits per heavy atom. The molecular weight excluding hydrogens is 276 g/mol. The number of likely N-dealkylation sites (tertiary alicyclic amines) is 1. The summed E-state index contributed by atoms with van der Waals surface area (Å²) < 4.78 is 0. The summed E-state index contributed by atoms with van der Waals surface area (Å²) in [7, 11) is 0. The molecule has 20 heavy (non-hydrogen) atoms. The van der Waals surface area contributed by atoms with Crippen molar-refractivity contribution in [2.45, 2.75) is 32.2 Å². The van der Waals surface area contributed by atoms with E-state index in [9.17, 15) is 9.90 Å². The van der Waals surface area contributed by atoms with Gasteiger partial charge in [0.2, 0.25) is 0 Å². The molecule has 2 N–H and O–H groups in total. The normalized spacial score (nSPS) is 17.7. The highest BCUT2D eigenvalue weighted by Crippen LogP contribution is 2.22. The molecule has 1 unspecified atom stereocenters. The molecular formula is C15H21ClN2O2. The lowest BCUT2D eigenvalue weighted by molar-refractivity contribution is 0.0698. The van der Waals surface area contributed by atoms with Crippen molar-refractivity contribution >= 4 is 23.3 Å². The minimum absolute atomic E-state index is 0.201. The predicted octanol–water partition coefficient (Wildman–Crippen LogP) is 3.32. The number of aromatic carboxylic acids is 1. The molecule has 0 amide bonds. The summed E-state index contributed by atoms with van der Waals surface area (Å²) in [6.07, 6.45) is 3.83. The molecule has 1 atom stereocenters. The Kier molecular flexibility index (Phi) is 5.26. The third-order valence-corrected chi connectivity index (χ3v) is 3.83. The molecule has 0 aromatic heterocycles. The van der Waals surface area contributed by atoms with Crippen LogP contribution in [-0.2, 0) is 0 Å². The van der Waals surface area contributed by atoms with Gasteiger partial charge in [0, 0.05) is 23.3 Å². The zero-order valence-electron chi connectivity index (χ0n) is 11.7. The summed E-state index contributed by atoms with van der Waals surface area (Å²) in [6, 6.07) is 5.13. The molecule has 0 aliphatic carbocycles. The van der Waals surface area contributed by atoms with Crippen molar-refractivity contribution in [1.82, 2.24) is 4.90 Å². The second-order valence-electron chi connectivity index (χ2n) is 5.40. The van der Waals surface area contributed by atoms with E-state index in [-0.39, 0.29) is 11.6 Å². The van der Waals surface area contributed by atoms with Crippen molar-refractivity contribution in [2.24, 2.45) is 0 Å². The second-order valence-corrected chi connectivity index (χ2v) is 5.84. The number of carboxylic acid groups (broad SMARTS) is 1. The molecule has 1 aliphatic rings. The minimum Gasteiger partial charge on any atom is -0.478 e. The van der Waals surface area contributed by atoms with Crippen molar-refractivity contribution in [3.63, 3.8) is 0 Å². The van der Waals surface area contributed by atoms with E-state index in [2.05, 4.69) is 17.1 Å². The molecule has 4 nitrogen and oxygen atoms in total. The van der Waals surface area contributed by atoms with Crippen LogP contribution in [-0.4, -0.2) is 41.7 Å². The van der Waals surface area contributed by atoms with Crippen LogP contribution in [0.1, 0.15) is 36.5 Å². The molecule has 1 fully saturated rings. The Balaban J connectivity index is 1.99. The third kappa shape index (κ3) is 4.12. The molecule has 0 bridgehead atoms. The highest BCUT2D eigenvalue weighted by Gasteiger charge is 2.16. The topological polar surface area (TPSA) is 52.6 Å². The van der Waals surface area contributed by atoms with Gasteiger partial charge in [-0.25, -0.2) is 4.79 Å². The first kappa shape index (κ1) is 15.1. The van der Waals surface area contributed by atoms with Crippen LogP contribution in [0.5, 0.6) is 0 Å². The Morgan fingerprint density at radius 1 is 1.40 bits per heavy atom. The summed E-state index contributed by atoms with van der Waals surface area (Å²) in [4.78, 5) is 13.7. The van der Waals surface area contributed by atoms with Crippen LogP contribution in [0.25, 0.3) is 0 Å². The molecule has 5 heteroatoms. The molecule has 2 rings (SSSR count). The van der Waals surface area contributed by atoms with E-state index in [0.29, 0.717) is 10.7 Å². The molecule has 1 saturated heterocycles. The quantitative estimate of drug-likeness (QED) is 0.875. The number of hydrogen-bond acceptors (Lipinski definition) is 3. The van der Waals surface area contributed by atoms with Gasteiger partial charge in [-0.1, -0.05) is 18.0 Å². The molecule has 1 heterocycles. The largest absolute Gasteiger partial charge is 0.478 e. The summed E-state index contributed by atoms with van der Waals surface area (Å²) in [6.45, 7) is 5.29. The molecule has 1 aliphatic heterocycles. The van der Waals surface area contributed by atoms with E-state index >= 15 is 0 Å². The fraction of sp³-hybridized carbons (Fsp3) is 0.533. The van der Waals surface area contributed by atoms with E-state index in [1.54, 1.807) is 12.1 Å². The summed E-state index contributed by atoms with van der Waals surface area (Å²) in [5, 5.41) is 12.9. The number of anilines is 1. The lowest BCUT2D eigenvalue weighted by atomic mass is 10.1. The highest BCUT2D eigenvalue weighted by molar-refractivity contribution is 6.31. The number of halogens is 1. The fourth-order valence-electron chi connectivity index (χ4n) is 2.66. The maximum absolute atomic E-state index is 11.2. The lowest BCUT2D eigenvalue weighted by Gasteiger charge is -2.30. The standard InChI is InChI=1S/C15H21ClN2O2/c1-11(10-18-7-3-2-4-8-18)17-14-6-5-12(16)9-13(14)15(19)20/h5-6,9,11,17H,2-4,7-8,10H2,1H3,(H,19,20). The van der Waals surface area contributed by atoms with Crippen LogP contribution in [0, 0.1) is 0 Å². The van der Waals surface area contributed by atoms with Gasteiger partial charge in [-0.15, -0.1) is 0 Å². The maximum atomic E-state index is 11.2. The van der Waals surface area contributed by atoms with E-state index in [4.69, 9.17) is 11.6 Å².